The Bertz CT molecular complexity index is 358. The van der Waals surface area contributed by atoms with Gasteiger partial charge in [-0.25, -0.2) is 0 Å². The molecular formula is C14H23ClN2O. The Hall–Kier alpha value is -0.770. The van der Waals surface area contributed by atoms with Crippen LogP contribution < -0.4 is 10.2 Å². The van der Waals surface area contributed by atoms with Crippen LogP contribution in [0.15, 0.2) is 18.2 Å². The maximum absolute atomic E-state index is 6.29. The van der Waals surface area contributed by atoms with Crippen LogP contribution in [0, 0.1) is 0 Å². The summed E-state index contributed by atoms with van der Waals surface area (Å²) in [5.74, 6) is 0. The summed E-state index contributed by atoms with van der Waals surface area (Å²) in [5, 5.41) is 4.11. The average molecular weight is 271 g/mol. The predicted octanol–water partition coefficient (Wildman–Crippen LogP) is 2.92. The van der Waals surface area contributed by atoms with Crippen molar-refractivity contribution >= 4 is 17.3 Å². The fraction of sp³-hybridized carbons (Fsp3) is 0.571. The second kappa shape index (κ2) is 8.35. The Morgan fingerprint density at radius 3 is 2.78 bits per heavy atom. The van der Waals surface area contributed by atoms with E-state index in [1.165, 1.54) is 5.69 Å². The molecule has 18 heavy (non-hydrogen) atoms. The molecule has 0 aromatic heterocycles. The highest BCUT2D eigenvalue weighted by Gasteiger charge is 2.04. The zero-order chi connectivity index (χ0) is 13.4. The van der Waals surface area contributed by atoms with Crippen molar-refractivity contribution in [2.45, 2.75) is 19.9 Å². The van der Waals surface area contributed by atoms with E-state index in [4.69, 9.17) is 16.3 Å². The molecule has 0 aliphatic rings. The van der Waals surface area contributed by atoms with Crippen LogP contribution in [0.25, 0.3) is 0 Å². The number of methoxy groups -OCH3 is 1. The Morgan fingerprint density at radius 1 is 1.39 bits per heavy atom. The van der Waals surface area contributed by atoms with Crippen molar-refractivity contribution in [2.75, 3.05) is 38.8 Å². The summed E-state index contributed by atoms with van der Waals surface area (Å²) in [4.78, 5) is 2.22. The predicted molar refractivity (Wildman–Crippen MR) is 78.6 cm³/mol. The van der Waals surface area contributed by atoms with Crippen LogP contribution in [0.5, 0.6) is 0 Å². The summed E-state index contributed by atoms with van der Waals surface area (Å²) in [6, 6.07) is 6.24. The highest BCUT2D eigenvalue weighted by molar-refractivity contribution is 6.31. The van der Waals surface area contributed by atoms with Crippen molar-refractivity contribution < 1.29 is 4.74 Å². The molecule has 0 saturated carbocycles. The van der Waals surface area contributed by atoms with Crippen LogP contribution in [0.3, 0.4) is 0 Å². The van der Waals surface area contributed by atoms with E-state index in [9.17, 15) is 0 Å². The van der Waals surface area contributed by atoms with E-state index < -0.39 is 0 Å². The van der Waals surface area contributed by atoms with Crippen LogP contribution in [-0.4, -0.2) is 33.9 Å². The van der Waals surface area contributed by atoms with Gasteiger partial charge in [0.05, 0.1) is 6.61 Å². The van der Waals surface area contributed by atoms with Crippen molar-refractivity contribution in [2.24, 2.45) is 0 Å². The lowest BCUT2D eigenvalue weighted by Gasteiger charge is -2.19. The van der Waals surface area contributed by atoms with Gasteiger partial charge in [0.2, 0.25) is 0 Å². The number of hydrogen-bond acceptors (Lipinski definition) is 3. The minimum atomic E-state index is 0.717. The fourth-order valence-electron chi connectivity index (χ4n) is 1.78. The molecule has 0 spiro atoms. The van der Waals surface area contributed by atoms with E-state index in [1.54, 1.807) is 7.11 Å². The van der Waals surface area contributed by atoms with Crippen molar-refractivity contribution in [3.05, 3.63) is 28.8 Å². The molecule has 1 N–H and O–H groups in total. The third-order valence-electron chi connectivity index (χ3n) is 2.83. The van der Waals surface area contributed by atoms with E-state index in [-0.39, 0.29) is 0 Å². The minimum Gasteiger partial charge on any atom is -0.383 e. The number of halogens is 1. The number of ether oxygens (including phenoxy) is 1. The van der Waals surface area contributed by atoms with E-state index in [0.29, 0.717) is 0 Å². The molecule has 1 rings (SSSR count). The van der Waals surface area contributed by atoms with Crippen molar-refractivity contribution in [3.63, 3.8) is 0 Å². The molecule has 0 fully saturated rings. The van der Waals surface area contributed by atoms with Crippen molar-refractivity contribution in [1.29, 1.82) is 0 Å². The van der Waals surface area contributed by atoms with E-state index in [2.05, 4.69) is 36.3 Å². The van der Waals surface area contributed by atoms with Gasteiger partial charge in [0.1, 0.15) is 0 Å². The highest BCUT2D eigenvalue weighted by Crippen LogP contribution is 2.23. The Labute approximate surface area is 115 Å². The first-order valence-electron chi connectivity index (χ1n) is 6.38. The average Bonchev–Trinajstić information content (AvgIpc) is 2.36. The first kappa shape index (κ1) is 15.3. The molecule has 0 bridgehead atoms. The molecule has 0 aliphatic carbocycles. The van der Waals surface area contributed by atoms with E-state index in [0.717, 1.165) is 43.2 Å². The molecule has 4 heteroatoms. The molecular weight excluding hydrogens is 248 g/mol. The summed E-state index contributed by atoms with van der Waals surface area (Å²) in [5.41, 5.74) is 2.30. The summed E-state index contributed by atoms with van der Waals surface area (Å²) < 4.78 is 4.99. The maximum atomic E-state index is 6.29. The molecule has 0 unspecified atom stereocenters. The molecule has 0 atom stereocenters. The molecule has 0 aliphatic heterocycles. The summed E-state index contributed by atoms with van der Waals surface area (Å²) in [6.45, 7) is 5.55. The molecule has 1 aromatic carbocycles. The standard InChI is InChI=1S/C14H23ClN2O/c1-4-8-17(2)13-6-5-12(14(15)10-13)11-16-7-9-18-3/h5-6,10,16H,4,7-9,11H2,1-3H3. The molecule has 102 valence electrons. The molecule has 0 radical (unpaired) electrons. The first-order valence-corrected chi connectivity index (χ1v) is 6.76. The summed E-state index contributed by atoms with van der Waals surface area (Å²) in [6.07, 6.45) is 1.13. The van der Waals surface area contributed by atoms with Crippen LogP contribution in [0.4, 0.5) is 5.69 Å². The third kappa shape index (κ3) is 4.84. The zero-order valence-corrected chi connectivity index (χ0v) is 12.3. The van der Waals surface area contributed by atoms with Crippen molar-refractivity contribution in [3.8, 4) is 0 Å². The maximum Gasteiger partial charge on any atom is 0.0587 e. The SMILES string of the molecule is CCCN(C)c1ccc(CNCCOC)c(Cl)c1. The topological polar surface area (TPSA) is 24.5 Å². The summed E-state index contributed by atoms with van der Waals surface area (Å²) in [7, 11) is 3.79. The van der Waals surface area contributed by atoms with Gasteiger partial charge in [-0.2, -0.15) is 0 Å². The number of rotatable bonds is 8. The van der Waals surface area contributed by atoms with Gasteiger partial charge in [0.25, 0.3) is 0 Å². The molecule has 0 amide bonds. The minimum absolute atomic E-state index is 0.717. The molecule has 3 nitrogen and oxygen atoms in total. The Morgan fingerprint density at radius 2 is 2.17 bits per heavy atom. The zero-order valence-electron chi connectivity index (χ0n) is 11.5. The lowest BCUT2D eigenvalue weighted by atomic mass is 10.2. The van der Waals surface area contributed by atoms with Crippen LogP contribution >= 0.6 is 11.6 Å². The highest BCUT2D eigenvalue weighted by atomic mass is 35.5. The second-order valence-corrected chi connectivity index (χ2v) is 4.77. The molecule has 0 heterocycles. The summed E-state index contributed by atoms with van der Waals surface area (Å²) >= 11 is 6.29. The second-order valence-electron chi connectivity index (χ2n) is 4.37. The Kier molecular flexibility index (Phi) is 7.09. The van der Waals surface area contributed by atoms with Gasteiger partial charge in [-0.1, -0.05) is 24.6 Å². The van der Waals surface area contributed by atoms with Gasteiger partial charge >= 0.3 is 0 Å². The van der Waals surface area contributed by atoms with Crippen molar-refractivity contribution in [1.82, 2.24) is 5.32 Å². The fourth-order valence-corrected chi connectivity index (χ4v) is 2.02. The lowest BCUT2D eigenvalue weighted by molar-refractivity contribution is 0.199. The van der Waals surface area contributed by atoms with Gasteiger partial charge in [-0.15, -0.1) is 0 Å². The van der Waals surface area contributed by atoms with Gasteiger partial charge in [-0.05, 0) is 24.1 Å². The number of benzene rings is 1. The third-order valence-corrected chi connectivity index (χ3v) is 3.19. The van der Waals surface area contributed by atoms with Crippen LogP contribution in [0.2, 0.25) is 5.02 Å². The number of nitrogens with one attached hydrogen (secondary N) is 1. The van der Waals surface area contributed by atoms with Gasteiger partial charge in [-0.3, -0.25) is 0 Å². The van der Waals surface area contributed by atoms with E-state index in [1.807, 2.05) is 6.07 Å². The normalized spacial score (nSPS) is 10.7. The van der Waals surface area contributed by atoms with Gasteiger partial charge in [0.15, 0.2) is 0 Å². The van der Waals surface area contributed by atoms with Crippen LogP contribution in [-0.2, 0) is 11.3 Å². The van der Waals surface area contributed by atoms with Gasteiger partial charge in [0, 0.05) is 44.5 Å². The first-order chi connectivity index (χ1) is 8.69. The largest absolute Gasteiger partial charge is 0.383 e. The lowest BCUT2D eigenvalue weighted by Crippen LogP contribution is -2.19. The van der Waals surface area contributed by atoms with Crippen LogP contribution in [0.1, 0.15) is 18.9 Å². The number of hydrogen-bond donors (Lipinski definition) is 1. The van der Waals surface area contributed by atoms with Gasteiger partial charge < -0.3 is 15.0 Å². The molecule has 0 saturated heterocycles. The number of nitrogens with zero attached hydrogens (tertiary/aromatic N) is 1. The molecule has 1 aromatic rings. The smallest absolute Gasteiger partial charge is 0.0587 e. The Balaban J connectivity index is 2.56. The number of anilines is 1. The monoisotopic (exact) mass is 270 g/mol. The van der Waals surface area contributed by atoms with E-state index >= 15 is 0 Å². The quantitative estimate of drug-likeness (QED) is 0.735.